The number of hydrogen-bond donors (Lipinski definition) is 2. The number of aliphatic hydroxyl groups is 2. The maximum Gasteiger partial charge on any atom is 0.228 e. The van der Waals surface area contributed by atoms with E-state index in [0.29, 0.717) is 28.4 Å². The molecule has 3 aromatic rings. The first-order chi connectivity index (χ1) is 16.8. The average molecular weight is 476 g/mol. The Bertz CT molecular complexity index is 1240. The number of nitrogens with zero attached hydrogens (tertiary/aromatic N) is 1. The Hall–Kier alpha value is -3.55. The van der Waals surface area contributed by atoms with E-state index in [9.17, 15) is 15.0 Å². The van der Waals surface area contributed by atoms with Gasteiger partial charge in [0.2, 0.25) is 5.91 Å². The number of hydrogen-bond acceptors (Lipinski definition) is 6. The second-order valence-electron chi connectivity index (χ2n) is 9.29. The first-order valence-electron chi connectivity index (χ1n) is 11.5. The van der Waals surface area contributed by atoms with E-state index in [-0.39, 0.29) is 5.91 Å². The molecule has 2 aliphatic rings. The van der Waals surface area contributed by atoms with Crippen molar-refractivity contribution in [1.82, 2.24) is 4.90 Å². The maximum atomic E-state index is 13.6. The molecule has 1 fully saturated rings. The van der Waals surface area contributed by atoms with E-state index in [1.165, 1.54) is 4.90 Å². The molecule has 7 heteroatoms. The normalized spacial score (nSPS) is 28.6. The number of methoxy groups -OCH3 is 2. The van der Waals surface area contributed by atoms with Crippen LogP contribution in [0.5, 0.6) is 17.2 Å². The van der Waals surface area contributed by atoms with Crippen LogP contribution < -0.4 is 14.2 Å². The lowest BCUT2D eigenvalue weighted by Gasteiger charge is -2.40. The lowest BCUT2D eigenvalue weighted by molar-refractivity contribution is -0.155. The molecule has 0 spiro atoms. The number of ether oxygens (including phenoxy) is 3. The molecule has 0 bridgehead atoms. The van der Waals surface area contributed by atoms with Gasteiger partial charge < -0.3 is 29.3 Å². The fraction of sp³-hybridized carbons (Fsp3) is 0.321. The van der Waals surface area contributed by atoms with Crippen molar-refractivity contribution in [3.8, 4) is 17.2 Å². The van der Waals surface area contributed by atoms with Crippen molar-refractivity contribution in [3.63, 3.8) is 0 Å². The Labute approximate surface area is 204 Å². The van der Waals surface area contributed by atoms with Crippen molar-refractivity contribution >= 4 is 5.91 Å². The summed E-state index contributed by atoms with van der Waals surface area (Å²) in [6.45, 7) is 0. The van der Waals surface area contributed by atoms with Crippen LogP contribution >= 0.6 is 0 Å². The number of carbonyl (C=O) groups excluding carboxylic acids is 1. The summed E-state index contributed by atoms with van der Waals surface area (Å²) in [5.74, 6) is -0.357. The van der Waals surface area contributed by atoms with Gasteiger partial charge in [-0.25, -0.2) is 0 Å². The van der Waals surface area contributed by atoms with Gasteiger partial charge in [0.15, 0.2) is 11.2 Å². The van der Waals surface area contributed by atoms with Gasteiger partial charge in [-0.05, 0) is 35.4 Å². The van der Waals surface area contributed by atoms with E-state index in [0.717, 1.165) is 5.56 Å². The molecule has 0 radical (unpaired) electrons. The highest BCUT2D eigenvalue weighted by Gasteiger charge is 2.77. The molecule has 5 rings (SSSR count). The maximum absolute atomic E-state index is 13.6. The Morgan fingerprint density at radius 1 is 0.943 bits per heavy atom. The highest BCUT2D eigenvalue weighted by Crippen LogP contribution is 2.68. The van der Waals surface area contributed by atoms with Gasteiger partial charge in [0.05, 0.1) is 20.1 Å². The summed E-state index contributed by atoms with van der Waals surface area (Å²) < 4.78 is 17.5. The fourth-order valence-electron chi connectivity index (χ4n) is 5.83. The summed E-state index contributed by atoms with van der Waals surface area (Å²) in [5.41, 5.74) is -1.60. The summed E-state index contributed by atoms with van der Waals surface area (Å²) in [7, 11) is 6.43. The topological polar surface area (TPSA) is 88.5 Å². The van der Waals surface area contributed by atoms with E-state index in [4.69, 9.17) is 14.2 Å². The summed E-state index contributed by atoms with van der Waals surface area (Å²) in [6.07, 6.45) is -1.45. The first-order valence-corrected chi connectivity index (χ1v) is 11.5. The molecule has 1 aliphatic carbocycles. The molecular formula is C28H29NO6. The van der Waals surface area contributed by atoms with Crippen LogP contribution in [-0.4, -0.2) is 55.4 Å². The third-order valence-electron chi connectivity index (χ3n) is 7.41. The van der Waals surface area contributed by atoms with Gasteiger partial charge in [-0.2, -0.15) is 0 Å². The second kappa shape index (κ2) is 8.29. The van der Waals surface area contributed by atoms with Crippen LogP contribution in [-0.2, 0) is 16.0 Å². The largest absolute Gasteiger partial charge is 0.497 e. The number of carbonyl (C=O) groups is 1. The summed E-state index contributed by atoms with van der Waals surface area (Å²) in [5, 5.41) is 24.4. The van der Waals surface area contributed by atoms with E-state index in [1.807, 2.05) is 42.5 Å². The summed E-state index contributed by atoms with van der Waals surface area (Å²) >= 11 is 0. The fourth-order valence-corrected chi connectivity index (χ4v) is 5.83. The van der Waals surface area contributed by atoms with Crippen LogP contribution in [0.2, 0.25) is 0 Å². The van der Waals surface area contributed by atoms with Crippen LogP contribution in [0.25, 0.3) is 0 Å². The molecular weight excluding hydrogens is 446 g/mol. The molecule has 35 heavy (non-hydrogen) atoms. The highest BCUT2D eigenvalue weighted by molar-refractivity contribution is 5.82. The van der Waals surface area contributed by atoms with Gasteiger partial charge in [-0.15, -0.1) is 0 Å². The molecule has 182 valence electrons. The lowest BCUT2D eigenvalue weighted by atomic mass is 9.70. The van der Waals surface area contributed by atoms with Gasteiger partial charge in [0.25, 0.3) is 0 Å². The predicted octanol–water partition coefficient (Wildman–Crippen LogP) is 3.04. The van der Waals surface area contributed by atoms with Crippen LogP contribution in [0.1, 0.15) is 22.6 Å². The highest BCUT2D eigenvalue weighted by atomic mass is 16.5. The molecule has 0 aromatic heterocycles. The van der Waals surface area contributed by atoms with Gasteiger partial charge in [-0.3, -0.25) is 4.79 Å². The zero-order valence-corrected chi connectivity index (χ0v) is 20.1. The van der Waals surface area contributed by atoms with Gasteiger partial charge in [0.1, 0.15) is 23.4 Å². The minimum absolute atomic E-state index is 0.291. The number of fused-ring (bicyclic) bond motifs is 3. The molecule has 7 nitrogen and oxygen atoms in total. The number of amides is 1. The molecule has 1 amide bonds. The molecule has 1 saturated carbocycles. The average Bonchev–Trinajstić information content (AvgIpc) is 3.26. The van der Waals surface area contributed by atoms with E-state index in [2.05, 4.69) is 0 Å². The van der Waals surface area contributed by atoms with Crippen LogP contribution in [0.4, 0.5) is 0 Å². The Morgan fingerprint density at radius 3 is 2.17 bits per heavy atom. The summed E-state index contributed by atoms with van der Waals surface area (Å²) in [4.78, 5) is 15.0. The zero-order valence-electron chi connectivity index (χ0n) is 20.1. The van der Waals surface area contributed by atoms with Crippen LogP contribution in [0.15, 0.2) is 72.8 Å². The third kappa shape index (κ3) is 3.08. The van der Waals surface area contributed by atoms with Crippen molar-refractivity contribution in [2.45, 2.75) is 23.2 Å². The van der Waals surface area contributed by atoms with Gasteiger partial charge >= 0.3 is 0 Å². The summed E-state index contributed by atoms with van der Waals surface area (Å²) in [6, 6.07) is 21.8. The van der Waals surface area contributed by atoms with Gasteiger partial charge in [0, 0.05) is 31.6 Å². The monoisotopic (exact) mass is 475 g/mol. The SMILES string of the molecule is COc1ccc(C23Oc4cc(OC)ccc4C2(O)C(O)C(C(=O)N(C)C)C3c2ccccc2)cc1. The van der Waals surface area contributed by atoms with Crippen LogP contribution in [0.3, 0.4) is 0 Å². The Kier molecular flexibility index (Phi) is 5.49. The quantitative estimate of drug-likeness (QED) is 0.590. The molecule has 2 N–H and O–H groups in total. The molecule has 0 saturated heterocycles. The standard InChI is InChI=1S/C28H29NO6/c1-29(2)26(31)23-24(17-8-6-5-7-9-17)28(18-10-12-19(33-3)13-11-18)27(32,25(23)30)21-15-14-20(34-4)16-22(21)35-28/h5-16,23-25,30,32H,1-4H3. The number of benzene rings is 3. The molecule has 5 atom stereocenters. The lowest BCUT2D eigenvalue weighted by Crippen LogP contribution is -2.52. The molecule has 3 aromatic carbocycles. The first kappa shape index (κ1) is 23.2. The minimum Gasteiger partial charge on any atom is -0.497 e. The molecule has 1 aliphatic heterocycles. The van der Waals surface area contributed by atoms with Gasteiger partial charge in [-0.1, -0.05) is 42.5 Å². The van der Waals surface area contributed by atoms with E-state index in [1.54, 1.807) is 58.6 Å². The number of rotatable bonds is 5. The zero-order chi connectivity index (χ0) is 25.0. The van der Waals surface area contributed by atoms with Crippen molar-refractivity contribution in [2.75, 3.05) is 28.3 Å². The minimum atomic E-state index is -1.92. The molecule has 1 heterocycles. The Balaban J connectivity index is 1.84. The van der Waals surface area contributed by atoms with Crippen LogP contribution in [0, 0.1) is 5.92 Å². The van der Waals surface area contributed by atoms with Crippen molar-refractivity contribution in [2.24, 2.45) is 5.92 Å². The van der Waals surface area contributed by atoms with Crippen molar-refractivity contribution < 1.29 is 29.2 Å². The van der Waals surface area contributed by atoms with E-state index < -0.39 is 29.1 Å². The van der Waals surface area contributed by atoms with Crippen molar-refractivity contribution in [3.05, 3.63) is 89.5 Å². The number of aliphatic hydroxyl groups excluding tert-OH is 1. The predicted molar refractivity (Wildman–Crippen MR) is 130 cm³/mol. The van der Waals surface area contributed by atoms with Crippen molar-refractivity contribution in [1.29, 1.82) is 0 Å². The second-order valence-corrected chi connectivity index (χ2v) is 9.29. The third-order valence-corrected chi connectivity index (χ3v) is 7.41. The van der Waals surface area contributed by atoms with E-state index >= 15 is 0 Å². The molecule has 5 unspecified atom stereocenters. The smallest absolute Gasteiger partial charge is 0.228 e. The Morgan fingerprint density at radius 2 is 1.57 bits per heavy atom.